The van der Waals surface area contributed by atoms with Gasteiger partial charge in [-0.25, -0.2) is 0 Å². The van der Waals surface area contributed by atoms with Gasteiger partial charge in [-0.15, -0.1) is 0 Å². The zero-order chi connectivity index (χ0) is 22.3. The largest absolute Gasteiger partial charge is 0.435 e. The third-order valence-electron chi connectivity index (χ3n) is 4.36. The summed E-state index contributed by atoms with van der Waals surface area (Å²) in [4.78, 5) is 12.6. The second-order valence-corrected chi connectivity index (χ2v) is 6.59. The summed E-state index contributed by atoms with van der Waals surface area (Å²) in [6.45, 7) is 1.67. The Hall–Kier alpha value is -3.30. The predicted octanol–water partition coefficient (Wildman–Crippen LogP) is 5.69. The number of benzene rings is 2. The summed E-state index contributed by atoms with van der Waals surface area (Å²) in [7, 11) is 1.26. The number of rotatable bonds is 3. The van der Waals surface area contributed by atoms with Crippen LogP contribution >= 0.6 is 0 Å². The molecule has 0 fully saturated rings. The van der Waals surface area contributed by atoms with E-state index in [-0.39, 0.29) is 5.69 Å². The van der Waals surface area contributed by atoms with Crippen LogP contribution in [0.15, 0.2) is 48.7 Å². The summed E-state index contributed by atoms with van der Waals surface area (Å²) >= 11 is 0. The maximum absolute atomic E-state index is 13.2. The highest BCUT2D eigenvalue weighted by Crippen LogP contribution is 2.36. The van der Waals surface area contributed by atoms with E-state index in [4.69, 9.17) is 0 Å². The number of halogens is 6. The maximum Gasteiger partial charge on any atom is 0.435 e. The molecule has 30 heavy (non-hydrogen) atoms. The van der Waals surface area contributed by atoms with Crippen LogP contribution in [0.4, 0.5) is 32.0 Å². The van der Waals surface area contributed by atoms with E-state index < -0.39 is 35.1 Å². The molecule has 0 saturated carbocycles. The molecule has 158 valence electrons. The Morgan fingerprint density at radius 2 is 1.60 bits per heavy atom. The van der Waals surface area contributed by atoms with Crippen molar-refractivity contribution in [3.05, 3.63) is 71.0 Å². The molecule has 1 heterocycles. The van der Waals surface area contributed by atoms with Crippen LogP contribution in [0.25, 0.3) is 11.1 Å². The SMILES string of the molecule is Cc1cccc(NC(=O)c2cn(C)nc2C(F)(F)F)c1-c1ccc(C(F)(F)F)cc1. The summed E-state index contributed by atoms with van der Waals surface area (Å²) < 4.78 is 78.8. The summed E-state index contributed by atoms with van der Waals surface area (Å²) in [5.41, 5.74) is -1.27. The minimum absolute atomic E-state index is 0.164. The van der Waals surface area contributed by atoms with Gasteiger partial charge < -0.3 is 5.32 Å². The van der Waals surface area contributed by atoms with Crippen LogP contribution in [-0.2, 0) is 19.4 Å². The van der Waals surface area contributed by atoms with E-state index in [1.807, 2.05) is 0 Å². The Kier molecular flexibility index (Phi) is 5.36. The van der Waals surface area contributed by atoms with Crippen molar-refractivity contribution in [1.82, 2.24) is 9.78 Å². The van der Waals surface area contributed by atoms with Crippen LogP contribution in [0.5, 0.6) is 0 Å². The van der Waals surface area contributed by atoms with E-state index in [0.717, 1.165) is 23.0 Å². The molecule has 3 rings (SSSR count). The highest BCUT2D eigenvalue weighted by molar-refractivity contribution is 6.07. The number of amides is 1. The number of aryl methyl sites for hydroxylation is 2. The lowest BCUT2D eigenvalue weighted by Crippen LogP contribution is -2.18. The zero-order valence-corrected chi connectivity index (χ0v) is 15.7. The molecule has 0 bridgehead atoms. The molecule has 4 nitrogen and oxygen atoms in total. The Labute approximate surface area is 167 Å². The van der Waals surface area contributed by atoms with Crippen molar-refractivity contribution in [3.8, 4) is 11.1 Å². The first kappa shape index (κ1) is 21.4. The summed E-state index contributed by atoms with van der Waals surface area (Å²) in [6.07, 6.45) is -8.38. The van der Waals surface area contributed by atoms with E-state index >= 15 is 0 Å². The number of nitrogens with one attached hydrogen (secondary N) is 1. The van der Waals surface area contributed by atoms with E-state index in [1.54, 1.807) is 19.1 Å². The lowest BCUT2D eigenvalue weighted by Gasteiger charge is -2.15. The molecule has 0 spiro atoms. The van der Waals surface area contributed by atoms with Gasteiger partial charge in [0, 0.05) is 24.5 Å². The standard InChI is InChI=1S/C20H15F6N3O/c1-11-4-3-5-15(16(11)12-6-8-13(9-7-12)19(21,22)23)27-18(30)14-10-29(2)28-17(14)20(24,25)26/h3-10H,1-2H3,(H,27,30). The normalized spacial score (nSPS) is 12.1. The first-order valence-electron chi connectivity index (χ1n) is 8.57. The second kappa shape index (κ2) is 7.51. The van der Waals surface area contributed by atoms with Gasteiger partial charge in [0.1, 0.15) is 0 Å². The van der Waals surface area contributed by atoms with E-state index in [2.05, 4.69) is 10.4 Å². The van der Waals surface area contributed by atoms with Gasteiger partial charge in [0.25, 0.3) is 5.91 Å². The molecular weight excluding hydrogens is 412 g/mol. The molecule has 2 aromatic carbocycles. The third kappa shape index (κ3) is 4.32. The Bertz CT molecular complexity index is 1080. The van der Waals surface area contributed by atoms with Gasteiger partial charge in [0.2, 0.25) is 0 Å². The summed E-state index contributed by atoms with van der Waals surface area (Å²) in [5, 5.41) is 5.72. The van der Waals surface area contributed by atoms with E-state index in [1.165, 1.54) is 25.2 Å². The molecule has 1 amide bonds. The molecule has 0 aliphatic rings. The van der Waals surface area contributed by atoms with Crippen LogP contribution in [0.3, 0.4) is 0 Å². The van der Waals surface area contributed by atoms with Crippen LogP contribution in [-0.4, -0.2) is 15.7 Å². The van der Waals surface area contributed by atoms with Crippen LogP contribution < -0.4 is 5.32 Å². The molecule has 10 heteroatoms. The van der Waals surface area contributed by atoms with E-state index in [9.17, 15) is 31.1 Å². The molecule has 1 aromatic heterocycles. The van der Waals surface area contributed by atoms with Crippen molar-refractivity contribution in [2.45, 2.75) is 19.3 Å². The van der Waals surface area contributed by atoms with Crippen LogP contribution in [0, 0.1) is 6.92 Å². The highest BCUT2D eigenvalue weighted by atomic mass is 19.4. The second-order valence-electron chi connectivity index (χ2n) is 6.59. The smallest absolute Gasteiger partial charge is 0.321 e. The molecule has 3 aromatic rings. The van der Waals surface area contributed by atoms with Gasteiger partial charge >= 0.3 is 12.4 Å². The minimum Gasteiger partial charge on any atom is -0.321 e. The van der Waals surface area contributed by atoms with Gasteiger partial charge in [0.05, 0.1) is 11.1 Å². The van der Waals surface area contributed by atoms with Gasteiger partial charge in [-0.2, -0.15) is 31.4 Å². The molecular formula is C20H15F6N3O. The van der Waals surface area contributed by atoms with Crippen molar-refractivity contribution in [1.29, 1.82) is 0 Å². The molecule has 0 unspecified atom stereocenters. The number of aromatic nitrogens is 2. The number of nitrogens with zero attached hydrogens (tertiary/aromatic N) is 2. The zero-order valence-electron chi connectivity index (χ0n) is 15.7. The first-order chi connectivity index (χ1) is 13.9. The number of anilines is 1. The molecule has 1 N–H and O–H groups in total. The van der Waals surface area contributed by atoms with Gasteiger partial charge in [-0.3, -0.25) is 9.48 Å². The quantitative estimate of drug-likeness (QED) is 0.547. The Morgan fingerprint density at radius 3 is 2.17 bits per heavy atom. The van der Waals surface area contributed by atoms with Crippen molar-refractivity contribution in [2.75, 3.05) is 5.32 Å². The number of carbonyl (C=O) groups excluding carboxylic acids is 1. The summed E-state index contributed by atoms with van der Waals surface area (Å²) in [6, 6.07) is 8.99. The number of alkyl halides is 6. The lowest BCUT2D eigenvalue weighted by atomic mass is 9.97. The maximum atomic E-state index is 13.2. The number of hydrogen-bond acceptors (Lipinski definition) is 2. The van der Waals surface area contributed by atoms with Gasteiger partial charge in [-0.1, -0.05) is 24.3 Å². The number of hydrogen-bond donors (Lipinski definition) is 1. The molecule has 0 aliphatic heterocycles. The molecule has 0 aliphatic carbocycles. The fourth-order valence-electron chi connectivity index (χ4n) is 3.03. The van der Waals surface area contributed by atoms with Gasteiger partial charge in [0.15, 0.2) is 5.69 Å². The third-order valence-corrected chi connectivity index (χ3v) is 4.36. The van der Waals surface area contributed by atoms with Crippen molar-refractivity contribution < 1.29 is 31.1 Å². The first-order valence-corrected chi connectivity index (χ1v) is 8.57. The van der Waals surface area contributed by atoms with Crippen molar-refractivity contribution in [2.24, 2.45) is 7.05 Å². The topological polar surface area (TPSA) is 46.9 Å². The fourth-order valence-corrected chi connectivity index (χ4v) is 3.03. The fraction of sp³-hybridized carbons (Fsp3) is 0.200. The van der Waals surface area contributed by atoms with Crippen molar-refractivity contribution in [3.63, 3.8) is 0 Å². The Morgan fingerprint density at radius 1 is 0.967 bits per heavy atom. The number of carbonyl (C=O) groups is 1. The van der Waals surface area contributed by atoms with Crippen molar-refractivity contribution >= 4 is 11.6 Å². The minimum atomic E-state index is -4.82. The molecule has 0 atom stereocenters. The average Bonchev–Trinajstić information content (AvgIpc) is 3.04. The monoisotopic (exact) mass is 427 g/mol. The van der Waals surface area contributed by atoms with Gasteiger partial charge in [-0.05, 0) is 36.2 Å². The lowest BCUT2D eigenvalue weighted by molar-refractivity contribution is -0.141. The van der Waals surface area contributed by atoms with Crippen LogP contribution in [0.2, 0.25) is 0 Å². The highest BCUT2D eigenvalue weighted by Gasteiger charge is 2.39. The van der Waals surface area contributed by atoms with E-state index in [0.29, 0.717) is 16.7 Å². The Balaban J connectivity index is 2.00. The summed E-state index contributed by atoms with van der Waals surface area (Å²) in [5.74, 6) is -1.03. The van der Waals surface area contributed by atoms with Crippen LogP contribution in [0.1, 0.15) is 27.2 Å². The predicted molar refractivity (Wildman–Crippen MR) is 97.8 cm³/mol. The average molecular weight is 427 g/mol. The molecule has 0 saturated heterocycles. The molecule has 0 radical (unpaired) electrons.